The van der Waals surface area contributed by atoms with Crippen LogP contribution in [-0.2, 0) is 16.1 Å². The lowest BCUT2D eigenvalue weighted by molar-refractivity contribution is -0.122. The summed E-state index contributed by atoms with van der Waals surface area (Å²) in [5.41, 5.74) is 0.302. The Bertz CT molecular complexity index is 634. The van der Waals surface area contributed by atoms with Gasteiger partial charge in [-0.05, 0) is 6.07 Å². The minimum atomic E-state index is -0.248. The number of pyridine rings is 1. The molecule has 8 heteroatoms. The Labute approximate surface area is 114 Å². The van der Waals surface area contributed by atoms with Gasteiger partial charge in [-0.1, -0.05) is 5.16 Å². The first kappa shape index (κ1) is 13.9. The van der Waals surface area contributed by atoms with Gasteiger partial charge in [-0.2, -0.15) is 4.98 Å². The molecule has 20 heavy (non-hydrogen) atoms. The van der Waals surface area contributed by atoms with Gasteiger partial charge in [-0.15, -0.1) is 0 Å². The van der Waals surface area contributed by atoms with Crippen LogP contribution in [0.2, 0.25) is 0 Å². The van der Waals surface area contributed by atoms with Crippen LogP contribution in [-0.4, -0.2) is 34.7 Å². The standard InChI is InChI=1S/C12H14N4O4/c1-19-5-3-9(17)14-7-11-15-12(16-20-11)8-2-4-13-10(18)6-8/h2,4,6H,3,5,7H2,1H3,(H,13,18)(H,14,17). The molecule has 0 atom stereocenters. The second-order valence-corrected chi connectivity index (χ2v) is 3.97. The number of rotatable bonds is 6. The van der Waals surface area contributed by atoms with Gasteiger partial charge >= 0.3 is 0 Å². The number of aromatic nitrogens is 3. The van der Waals surface area contributed by atoms with Crippen molar-refractivity contribution in [2.45, 2.75) is 13.0 Å². The van der Waals surface area contributed by atoms with E-state index in [1.165, 1.54) is 19.4 Å². The number of nitrogens with one attached hydrogen (secondary N) is 2. The Kier molecular flexibility index (Phi) is 4.61. The van der Waals surface area contributed by atoms with Gasteiger partial charge in [0.25, 0.3) is 0 Å². The predicted octanol–water partition coefficient (Wildman–Crippen LogP) is 0.0776. The van der Waals surface area contributed by atoms with Gasteiger partial charge in [-0.25, -0.2) is 0 Å². The molecule has 1 amide bonds. The summed E-state index contributed by atoms with van der Waals surface area (Å²) in [6.07, 6.45) is 1.77. The topological polar surface area (TPSA) is 110 Å². The fourth-order valence-corrected chi connectivity index (χ4v) is 1.48. The molecule has 0 radical (unpaired) electrons. The zero-order valence-corrected chi connectivity index (χ0v) is 10.9. The van der Waals surface area contributed by atoms with Crippen LogP contribution in [0, 0.1) is 0 Å². The molecule has 8 nitrogen and oxygen atoms in total. The van der Waals surface area contributed by atoms with Crippen molar-refractivity contribution in [1.82, 2.24) is 20.4 Å². The molecule has 0 bridgehead atoms. The van der Waals surface area contributed by atoms with Crippen LogP contribution < -0.4 is 10.9 Å². The highest BCUT2D eigenvalue weighted by Gasteiger charge is 2.10. The fourth-order valence-electron chi connectivity index (χ4n) is 1.48. The van der Waals surface area contributed by atoms with Gasteiger partial charge in [-0.3, -0.25) is 9.59 Å². The maximum absolute atomic E-state index is 11.4. The van der Waals surface area contributed by atoms with Crippen LogP contribution in [0.5, 0.6) is 0 Å². The van der Waals surface area contributed by atoms with E-state index in [-0.39, 0.29) is 30.3 Å². The van der Waals surface area contributed by atoms with E-state index in [0.717, 1.165) is 0 Å². The fraction of sp³-hybridized carbons (Fsp3) is 0.333. The van der Waals surface area contributed by atoms with E-state index in [1.807, 2.05) is 0 Å². The zero-order valence-electron chi connectivity index (χ0n) is 10.9. The summed E-state index contributed by atoms with van der Waals surface area (Å²) in [6, 6.07) is 3.03. The van der Waals surface area contributed by atoms with Crippen LogP contribution in [0.4, 0.5) is 0 Å². The number of methoxy groups -OCH3 is 1. The third kappa shape index (κ3) is 3.75. The minimum absolute atomic E-state index is 0.138. The van der Waals surface area contributed by atoms with E-state index >= 15 is 0 Å². The van der Waals surface area contributed by atoms with E-state index < -0.39 is 0 Å². The van der Waals surface area contributed by atoms with Crippen molar-refractivity contribution >= 4 is 5.91 Å². The van der Waals surface area contributed by atoms with Crippen molar-refractivity contribution in [3.05, 3.63) is 34.6 Å². The average molecular weight is 278 g/mol. The summed E-state index contributed by atoms with van der Waals surface area (Å²) in [5, 5.41) is 6.38. The van der Waals surface area contributed by atoms with Gasteiger partial charge in [0.15, 0.2) is 0 Å². The van der Waals surface area contributed by atoms with Gasteiger partial charge < -0.3 is 19.6 Å². The molecule has 0 saturated carbocycles. The number of hydrogen-bond donors (Lipinski definition) is 2. The highest BCUT2D eigenvalue weighted by Crippen LogP contribution is 2.12. The maximum Gasteiger partial charge on any atom is 0.248 e. The predicted molar refractivity (Wildman–Crippen MR) is 68.7 cm³/mol. The normalized spacial score (nSPS) is 10.4. The SMILES string of the molecule is COCCC(=O)NCc1nc(-c2cc[nH]c(=O)c2)no1. The molecule has 2 heterocycles. The highest BCUT2D eigenvalue weighted by atomic mass is 16.5. The molecular weight excluding hydrogens is 264 g/mol. The third-order valence-corrected chi connectivity index (χ3v) is 2.47. The van der Waals surface area contributed by atoms with Crippen molar-refractivity contribution in [3.63, 3.8) is 0 Å². The van der Waals surface area contributed by atoms with Crippen LogP contribution >= 0.6 is 0 Å². The summed E-state index contributed by atoms with van der Waals surface area (Å²) in [6.45, 7) is 0.493. The molecular formula is C12H14N4O4. The lowest BCUT2D eigenvalue weighted by atomic mass is 10.2. The van der Waals surface area contributed by atoms with Gasteiger partial charge in [0.2, 0.25) is 23.2 Å². The van der Waals surface area contributed by atoms with Gasteiger partial charge in [0.1, 0.15) is 0 Å². The van der Waals surface area contributed by atoms with E-state index in [9.17, 15) is 9.59 Å². The molecule has 2 aromatic rings. The molecule has 2 N–H and O–H groups in total. The molecule has 0 aliphatic rings. The quantitative estimate of drug-likeness (QED) is 0.774. The minimum Gasteiger partial charge on any atom is -0.384 e. The molecule has 106 valence electrons. The summed E-state index contributed by atoms with van der Waals surface area (Å²) in [5.74, 6) is 0.408. The number of hydrogen-bond acceptors (Lipinski definition) is 6. The third-order valence-electron chi connectivity index (χ3n) is 2.47. The number of amides is 1. The molecule has 0 unspecified atom stereocenters. The van der Waals surface area contributed by atoms with Crippen LogP contribution in [0.3, 0.4) is 0 Å². The summed E-state index contributed by atoms with van der Waals surface area (Å²) in [7, 11) is 1.53. The number of aromatic amines is 1. The van der Waals surface area contributed by atoms with Crippen molar-refractivity contribution in [3.8, 4) is 11.4 Å². The molecule has 0 aromatic carbocycles. The Morgan fingerprint density at radius 3 is 3.15 bits per heavy atom. The zero-order chi connectivity index (χ0) is 14.4. The Morgan fingerprint density at radius 2 is 2.40 bits per heavy atom. The lowest BCUT2D eigenvalue weighted by Crippen LogP contribution is -2.23. The van der Waals surface area contributed by atoms with Gasteiger partial charge in [0, 0.05) is 31.4 Å². The number of carbonyl (C=O) groups is 1. The van der Waals surface area contributed by atoms with Crippen LogP contribution in [0.1, 0.15) is 12.3 Å². The summed E-state index contributed by atoms with van der Waals surface area (Å²) >= 11 is 0. The first-order chi connectivity index (χ1) is 9.69. The van der Waals surface area contributed by atoms with E-state index in [0.29, 0.717) is 18.0 Å². The molecule has 2 rings (SSSR count). The molecule has 0 aliphatic carbocycles. The van der Waals surface area contributed by atoms with E-state index in [1.54, 1.807) is 6.07 Å². The molecule has 2 aromatic heterocycles. The number of ether oxygens (including phenoxy) is 1. The Morgan fingerprint density at radius 1 is 1.55 bits per heavy atom. The van der Waals surface area contributed by atoms with Crippen molar-refractivity contribution in [1.29, 1.82) is 0 Å². The first-order valence-electron chi connectivity index (χ1n) is 5.96. The monoisotopic (exact) mass is 278 g/mol. The largest absolute Gasteiger partial charge is 0.384 e. The number of H-pyrrole nitrogens is 1. The van der Waals surface area contributed by atoms with E-state index in [2.05, 4.69) is 20.4 Å². The average Bonchev–Trinajstić information content (AvgIpc) is 2.92. The summed E-state index contributed by atoms with van der Waals surface area (Å²) in [4.78, 5) is 29.1. The Balaban J connectivity index is 1.96. The van der Waals surface area contributed by atoms with Crippen molar-refractivity contribution in [2.75, 3.05) is 13.7 Å². The smallest absolute Gasteiger partial charge is 0.248 e. The molecule has 0 saturated heterocycles. The number of nitrogens with zero attached hydrogens (tertiary/aromatic N) is 2. The van der Waals surface area contributed by atoms with Crippen LogP contribution in [0.25, 0.3) is 11.4 Å². The second kappa shape index (κ2) is 6.62. The molecule has 0 fully saturated rings. The first-order valence-corrected chi connectivity index (χ1v) is 5.96. The molecule has 0 aliphatic heterocycles. The van der Waals surface area contributed by atoms with Crippen molar-refractivity contribution < 1.29 is 14.1 Å². The van der Waals surface area contributed by atoms with Crippen LogP contribution in [0.15, 0.2) is 27.6 Å². The maximum atomic E-state index is 11.4. The number of carbonyl (C=O) groups excluding carboxylic acids is 1. The van der Waals surface area contributed by atoms with E-state index in [4.69, 9.17) is 9.26 Å². The molecule has 0 spiro atoms. The highest BCUT2D eigenvalue weighted by molar-refractivity contribution is 5.75. The van der Waals surface area contributed by atoms with Crippen molar-refractivity contribution in [2.24, 2.45) is 0 Å². The lowest BCUT2D eigenvalue weighted by Gasteiger charge is -2.00. The van der Waals surface area contributed by atoms with Gasteiger partial charge in [0.05, 0.1) is 13.2 Å². The second-order valence-electron chi connectivity index (χ2n) is 3.97. The summed E-state index contributed by atoms with van der Waals surface area (Å²) < 4.78 is 9.79. The Hall–Kier alpha value is -2.48.